The van der Waals surface area contributed by atoms with E-state index in [2.05, 4.69) is 19.1 Å². The van der Waals surface area contributed by atoms with Crippen LogP contribution < -0.4 is 4.74 Å². The van der Waals surface area contributed by atoms with E-state index in [1.807, 2.05) is 42.5 Å². The Bertz CT molecular complexity index is 971. The number of hydrogen-bond donors (Lipinski definition) is 0. The van der Waals surface area contributed by atoms with E-state index >= 15 is 0 Å². The summed E-state index contributed by atoms with van der Waals surface area (Å²) in [5.41, 5.74) is 3.64. The highest BCUT2D eigenvalue weighted by atomic mass is 16.5. The second-order valence-electron chi connectivity index (χ2n) is 7.33. The van der Waals surface area contributed by atoms with Gasteiger partial charge in [0.1, 0.15) is 5.75 Å². The highest BCUT2D eigenvalue weighted by Crippen LogP contribution is 2.43. The average molecular weight is 358 g/mol. The van der Waals surface area contributed by atoms with Crippen LogP contribution in [-0.4, -0.2) is 12.4 Å². The lowest BCUT2D eigenvalue weighted by molar-refractivity contribution is 0.104. The summed E-state index contributed by atoms with van der Waals surface area (Å²) in [6, 6.07) is 18.1. The lowest BCUT2D eigenvalue weighted by Crippen LogP contribution is -2.01. The van der Waals surface area contributed by atoms with Crippen LogP contribution in [0.1, 0.15) is 61.4 Å². The Balaban J connectivity index is 1.61. The van der Waals surface area contributed by atoms with E-state index in [0.29, 0.717) is 0 Å². The van der Waals surface area contributed by atoms with Gasteiger partial charge in [0.25, 0.3) is 0 Å². The molecular weight excluding hydrogens is 332 g/mol. The van der Waals surface area contributed by atoms with Crippen LogP contribution in [0, 0.1) is 0 Å². The van der Waals surface area contributed by atoms with Gasteiger partial charge in [-0.15, -0.1) is 0 Å². The molecule has 0 saturated heterocycles. The molecule has 0 saturated carbocycles. The van der Waals surface area contributed by atoms with E-state index in [-0.39, 0.29) is 5.78 Å². The first kappa shape index (κ1) is 17.8. The van der Waals surface area contributed by atoms with Crippen molar-refractivity contribution >= 4 is 16.6 Å². The summed E-state index contributed by atoms with van der Waals surface area (Å²) in [5.74, 6) is 1.02. The summed E-state index contributed by atoms with van der Waals surface area (Å²) >= 11 is 0. The summed E-state index contributed by atoms with van der Waals surface area (Å²) < 4.78 is 6.19. The van der Waals surface area contributed by atoms with Crippen molar-refractivity contribution in [2.75, 3.05) is 6.61 Å². The number of rotatable bonds is 8. The van der Waals surface area contributed by atoms with Crippen LogP contribution in [0.4, 0.5) is 0 Å². The molecule has 138 valence electrons. The molecule has 0 aliphatic heterocycles. The molecule has 3 aromatic rings. The fraction of sp³-hybridized carbons (Fsp3) is 0.320. The molecule has 0 atom stereocenters. The molecule has 3 aromatic carbocycles. The SMILES string of the molecule is CCCCCCCCOc1cc2c(c3ccccc13)C(=O)c1ccccc1-2. The van der Waals surface area contributed by atoms with Crippen molar-refractivity contribution < 1.29 is 9.53 Å². The number of ether oxygens (including phenoxy) is 1. The Hall–Kier alpha value is -2.61. The first-order valence-corrected chi connectivity index (χ1v) is 10.1. The maximum atomic E-state index is 13.0. The predicted octanol–water partition coefficient (Wildman–Crippen LogP) is 6.79. The summed E-state index contributed by atoms with van der Waals surface area (Å²) in [6.45, 7) is 2.97. The van der Waals surface area contributed by atoms with Gasteiger partial charge in [-0.3, -0.25) is 4.79 Å². The van der Waals surface area contributed by atoms with Crippen molar-refractivity contribution in [1.82, 2.24) is 0 Å². The molecule has 4 rings (SSSR count). The lowest BCUT2D eigenvalue weighted by atomic mass is 9.98. The number of fused-ring (bicyclic) bond motifs is 5. The Labute approximate surface area is 161 Å². The fourth-order valence-electron chi connectivity index (χ4n) is 4.03. The number of benzene rings is 3. The normalized spacial score (nSPS) is 12.3. The van der Waals surface area contributed by atoms with Gasteiger partial charge in [-0.25, -0.2) is 0 Å². The number of hydrogen-bond acceptors (Lipinski definition) is 2. The molecule has 2 nitrogen and oxygen atoms in total. The summed E-state index contributed by atoms with van der Waals surface area (Å²) in [7, 11) is 0. The van der Waals surface area contributed by atoms with Crippen molar-refractivity contribution in [1.29, 1.82) is 0 Å². The molecule has 27 heavy (non-hydrogen) atoms. The molecule has 0 aromatic heterocycles. The second kappa shape index (κ2) is 7.96. The molecule has 0 amide bonds. The van der Waals surface area contributed by atoms with E-state index in [9.17, 15) is 4.79 Å². The van der Waals surface area contributed by atoms with Crippen molar-refractivity contribution in [2.24, 2.45) is 0 Å². The highest BCUT2D eigenvalue weighted by molar-refractivity contribution is 6.28. The zero-order chi connectivity index (χ0) is 18.6. The van der Waals surface area contributed by atoms with E-state index < -0.39 is 0 Å². The standard InChI is InChI=1S/C25H26O2/c1-2-3-4-5-6-11-16-27-23-17-22-18-12-7-10-15-21(18)25(26)24(22)20-14-9-8-13-19(20)23/h7-10,12-15,17H,2-6,11,16H2,1H3. The quantitative estimate of drug-likeness (QED) is 0.324. The molecule has 0 bridgehead atoms. The third-order valence-corrected chi connectivity index (χ3v) is 5.45. The first-order chi connectivity index (χ1) is 13.3. The van der Waals surface area contributed by atoms with Crippen LogP contribution in [0.2, 0.25) is 0 Å². The molecule has 0 spiro atoms. The maximum absolute atomic E-state index is 13.0. The van der Waals surface area contributed by atoms with Crippen LogP contribution >= 0.6 is 0 Å². The molecule has 1 aliphatic carbocycles. The zero-order valence-electron chi connectivity index (χ0n) is 16.0. The third-order valence-electron chi connectivity index (χ3n) is 5.45. The predicted molar refractivity (Wildman–Crippen MR) is 112 cm³/mol. The van der Waals surface area contributed by atoms with Gasteiger partial charge < -0.3 is 4.74 Å². The van der Waals surface area contributed by atoms with Crippen molar-refractivity contribution in [3.05, 3.63) is 65.7 Å². The molecule has 0 unspecified atom stereocenters. The highest BCUT2D eigenvalue weighted by Gasteiger charge is 2.29. The molecule has 0 heterocycles. The summed E-state index contributed by atoms with van der Waals surface area (Å²) in [4.78, 5) is 13.0. The Morgan fingerprint density at radius 3 is 2.22 bits per heavy atom. The molecular formula is C25H26O2. The number of ketones is 1. The Kier molecular flexibility index (Phi) is 5.24. The van der Waals surface area contributed by atoms with Gasteiger partial charge in [-0.1, -0.05) is 87.6 Å². The molecule has 0 radical (unpaired) electrons. The topological polar surface area (TPSA) is 26.3 Å². The largest absolute Gasteiger partial charge is 0.493 e. The first-order valence-electron chi connectivity index (χ1n) is 10.1. The monoisotopic (exact) mass is 358 g/mol. The van der Waals surface area contributed by atoms with Crippen LogP contribution in [0.25, 0.3) is 21.9 Å². The number of carbonyl (C=O) groups excluding carboxylic acids is 1. The minimum Gasteiger partial charge on any atom is -0.493 e. The Morgan fingerprint density at radius 2 is 1.41 bits per heavy atom. The van der Waals surface area contributed by atoms with Gasteiger partial charge in [-0.2, -0.15) is 0 Å². The third kappa shape index (κ3) is 3.37. The van der Waals surface area contributed by atoms with Crippen molar-refractivity contribution in [3.8, 4) is 16.9 Å². The zero-order valence-corrected chi connectivity index (χ0v) is 16.0. The van der Waals surface area contributed by atoms with E-state index in [1.165, 1.54) is 32.1 Å². The molecule has 1 aliphatic rings. The fourth-order valence-corrected chi connectivity index (χ4v) is 4.03. The smallest absolute Gasteiger partial charge is 0.194 e. The summed E-state index contributed by atoms with van der Waals surface area (Å²) in [5, 5.41) is 2.03. The minimum absolute atomic E-state index is 0.124. The van der Waals surface area contributed by atoms with Crippen molar-refractivity contribution in [2.45, 2.75) is 45.4 Å². The van der Waals surface area contributed by atoms with Gasteiger partial charge in [0.05, 0.1) is 6.61 Å². The second-order valence-corrected chi connectivity index (χ2v) is 7.33. The summed E-state index contributed by atoms with van der Waals surface area (Å²) in [6.07, 6.45) is 7.48. The number of unbranched alkanes of at least 4 members (excludes halogenated alkanes) is 5. The van der Waals surface area contributed by atoms with Crippen LogP contribution in [-0.2, 0) is 0 Å². The number of carbonyl (C=O) groups is 1. The minimum atomic E-state index is 0.124. The molecule has 0 fully saturated rings. The van der Waals surface area contributed by atoms with Crippen molar-refractivity contribution in [3.63, 3.8) is 0 Å². The van der Waals surface area contributed by atoms with E-state index in [4.69, 9.17) is 4.74 Å². The van der Waals surface area contributed by atoms with Gasteiger partial charge >= 0.3 is 0 Å². The van der Waals surface area contributed by atoms with E-state index in [1.54, 1.807) is 0 Å². The maximum Gasteiger partial charge on any atom is 0.194 e. The Morgan fingerprint density at radius 1 is 0.741 bits per heavy atom. The lowest BCUT2D eigenvalue weighted by Gasteiger charge is -2.13. The van der Waals surface area contributed by atoms with Gasteiger partial charge in [0.15, 0.2) is 5.78 Å². The van der Waals surface area contributed by atoms with Crippen LogP contribution in [0.5, 0.6) is 5.75 Å². The van der Waals surface area contributed by atoms with Gasteiger partial charge in [0.2, 0.25) is 0 Å². The average Bonchev–Trinajstić information content (AvgIpc) is 3.00. The van der Waals surface area contributed by atoms with E-state index in [0.717, 1.165) is 51.8 Å². The van der Waals surface area contributed by atoms with Gasteiger partial charge in [0, 0.05) is 16.5 Å². The van der Waals surface area contributed by atoms with Gasteiger partial charge in [-0.05, 0) is 29.0 Å². The van der Waals surface area contributed by atoms with Crippen LogP contribution in [0.3, 0.4) is 0 Å². The van der Waals surface area contributed by atoms with Crippen LogP contribution in [0.15, 0.2) is 54.6 Å². The molecule has 0 N–H and O–H groups in total. The molecule has 2 heteroatoms.